The predicted octanol–water partition coefficient (Wildman–Crippen LogP) is 5.01. The van der Waals surface area contributed by atoms with Gasteiger partial charge in [-0.2, -0.15) is 0 Å². The van der Waals surface area contributed by atoms with E-state index in [1.807, 2.05) is 75.8 Å². The topological polar surface area (TPSA) is 232 Å². The molecule has 2 N–H and O–H groups in total. The Bertz CT molecular complexity index is 3130. The van der Waals surface area contributed by atoms with Crippen LogP contribution in [0, 0.1) is 19.3 Å². The smallest absolute Gasteiger partial charge is 0.263 e. The Morgan fingerprint density at radius 1 is 0.919 bits per heavy atom. The number of carbonyl (C=O) groups is 5. The van der Waals surface area contributed by atoms with Gasteiger partial charge in [-0.3, -0.25) is 38.3 Å². The Kier molecular flexibility index (Phi) is 15.3. The van der Waals surface area contributed by atoms with Crippen molar-refractivity contribution < 1.29 is 29.1 Å². The van der Waals surface area contributed by atoms with Gasteiger partial charge < -0.3 is 25.1 Å². The molecule has 0 radical (unpaired) electrons. The van der Waals surface area contributed by atoms with Crippen molar-refractivity contribution in [3.8, 4) is 10.4 Å². The molecule has 7 heterocycles. The summed E-state index contributed by atoms with van der Waals surface area (Å²) in [5, 5.41) is 22.5. The van der Waals surface area contributed by atoms with Crippen molar-refractivity contribution in [3.63, 3.8) is 0 Å². The van der Waals surface area contributed by atoms with Crippen LogP contribution in [0.25, 0.3) is 21.5 Å². The molecular weight excluding hydrogens is 961 g/mol. The molecule has 3 fully saturated rings. The maximum absolute atomic E-state index is 14.2. The van der Waals surface area contributed by atoms with Crippen molar-refractivity contribution >= 4 is 57.3 Å². The number of hydrogen-bond donors (Lipinski definition) is 2. The predicted molar refractivity (Wildman–Crippen MR) is 279 cm³/mol. The van der Waals surface area contributed by atoms with Gasteiger partial charge >= 0.3 is 0 Å². The van der Waals surface area contributed by atoms with E-state index in [9.17, 15) is 33.9 Å². The van der Waals surface area contributed by atoms with Crippen molar-refractivity contribution in [2.24, 2.45) is 5.41 Å². The van der Waals surface area contributed by atoms with Gasteiger partial charge in [0.05, 0.1) is 64.2 Å². The first kappa shape index (κ1) is 51.8. The minimum absolute atomic E-state index is 0.00562. The fourth-order valence-corrected chi connectivity index (χ4v) is 11.4. The average molecular weight is 1030 g/mol. The fraction of sp³-hybridized carbons (Fsp3) is 0.481. The number of aliphatic hydroxyl groups excluding tert-OH is 1. The maximum atomic E-state index is 14.2. The fourth-order valence-electron chi connectivity index (χ4n) is 10.6. The van der Waals surface area contributed by atoms with Crippen molar-refractivity contribution in [1.29, 1.82) is 0 Å². The average Bonchev–Trinajstić information content (AvgIpc) is 4.23. The molecule has 74 heavy (non-hydrogen) atoms. The van der Waals surface area contributed by atoms with E-state index in [1.165, 1.54) is 16.5 Å². The molecule has 1 aliphatic carbocycles. The Morgan fingerprint density at radius 2 is 1.66 bits per heavy atom. The minimum atomic E-state index is -0.995. The Hall–Kier alpha value is -7.06. The van der Waals surface area contributed by atoms with Crippen LogP contribution in [-0.4, -0.2) is 135 Å². The zero-order valence-corrected chi connectivity index (χ0v) is 43.7. The van der Waals surface area contributed by atoms with Crippen LogP contribution in [0.2, 0.25) is 0 Å². The first-order valence-electron chi connectivity index (χ1n) is 25.5. The molecule has 3 atom stereocenters. The molecule has 6 aromatic rings. The van der Waals surface area contributed by atoms with Gasteiger partial charge in [0, 0.05) is 75.1 Å². The molecule has 3 amide bonds. The SMILES string of the molecule is CC(=O)c1c(C)c2cnc(Cc3ccc(N4CCN(C(=O)Cn5cc(CC(=O)N[C@H](C(=O)N6C[C@H](O)CC6C(=O)CCc6ccc(-c7scnc7C)cc6)C(C)(C)C)nn5)CC4)cn3)nc2n(C2CCCC2)c1=O. The number of amides is 3. The number of nitrogens with one attached hydrogen (secondary N) is 1. The lowest BCUT2D eigenvalue weighted by Crippen LogP contribution is -2.57. The summed E-state index contributed by atoms with van der Waals surface area (Å²) in [5.41, 5.74) is 7.19. The molecule has 20 heteroatoms. The molecule has 388 valence electrons. The number of Topliss-reactive ketones (excluding diaryl/α,β-unsaturated/α-hetero) is 2. The number of benzene rings is 1. The van der Waals surface area contributed by atoms with Crippen LogP contribution in [-0.2, 0) is 45.0 Å². The van der Waals surface area contributed by atoms with E-state index in [-0.39, 0.29) is 67.0 Å². The number of hydrogen-bond acceptors (Lipinski definition) is 15. The molecule has 0 bridgehead atoms. The normalized spacial score (nSPS) is 17.8. The van der Waals surface area contributed by atoms with Crippen LogP contribution in [0.3, 0.4) is 0 Å². The van der Waals surface area contributed by atoms with Crippen molar-refractivity contribution in [3.05, 3.63) is 110 Å². The number of anilines is 1. The van der Waals surface area contributed by atoms with E-state index < -0.39 is 35.4 Å². The minimum Gasteiger partial charge on any atom is -0.391 e. The zero-order valence-electron chi connectivity index (χ0n) is 42.9. The number of fused-ring (bicyclic) bond motifs is 1. The number of pyridine rings is 2. The van der Waals surface area contributed by atoms with Gasteiger partial charge in [-0.15, -0.1) is 16.4 Å². The number of ketones is 2. The van der Waals surface area contributed by atoms with Crippen LogP contribution in [0.5, 0.6) is 0 Å². The van der Waals surface area contributed by atoms with E-state index in [1.54, 1.807) is 40.1 Å². The molecule has 5 aromatic heterocycles. The number of aliphatic hydroxyl groups is 1. The van der Waals surface area contributed by atoms with Crippen molar-refractivity contribution in [1.82, 2.24) is 54.6 Å². The van der Waals surface area contributed by atoms with Crippen LogP contribution >= 0.6 is 11.3 Å². The van der Waals surface area contributed by atoms with E-state index >= 15 is 0 Å². The van der Waals surface area contributed by atoms with Crippen LogP contribution in [0.15, 0.2) is 65.3 Å². The van der Waals surface area contributed by atoms with Gasteiger partial charge in [0.1, 0.15) is 24.1 Å². The molecule has 9 rings (SSSR count). The van der Waals surface area contributed by atoms with Crippen LogP contribution < -0.4 is 15.8 Å². The quantitative estimate of drug-likeness (QED) is 0.121. The number of piperazine rings is 1. The monoisotopic (exact) mass is 1020 g/mol. The number of thiazole rings is 1. The van der Waals surface area contributed by atoms with Gasteiger partial charge in [-0.25, -0.2) is 19.6 Å². The summed E-state index contributed by atoms with van der Waals surface area (Å²) >= 11 is 1.58. The maximum Gasteiger partial charge on any atom is 0.263 e. The number of nitrogens with zero attached hydrogens (tertiary/aromatic N) is 11. The highest BCUT2D eigenvalue weighted by Gasteiger charge is 2.44. The molecule has 0 spiro atoms. The summed E-state index contributed by atoms with van der Waals surface area (Å²) in [6.07, 6.45) is 8.97. The van der Waals surface area contributed by atoms with Crippen molar-refractivity contribution in [2.45, 2.75) is 130 Å². The Morgan fingerprint density at radius 3 is 2.32 bits per heavy atom. The number of aryl methyl sites for hydroxylation is 3. The molecule has 1 aromatic carbocycles. The molecule has 2 aliphatic heterocycles. The largest absolute Gasteiger partial charge is 0.391 e. The molecule has 2 saturated heterocycles. The van der Waals surface area contributed by atoms with Crippen molar-refractivity contribution in [2.75, 3.05) is 37.6 Å². The highest BCUT2D eigenvalue weighted by molar-refractivity contribution is 7.13. The molecule has 19 nitrogen and oxygen atoms in total. The summed E-state index contributed by atoms with van der Waals surface area (Å²) in [4.78, 5) is 106. The van der Waals surface area contributed by atoms with Gasteiger partial charge in [-0.05, 0) is 74.3 Å². The Balaban J connectivity index is 0.750. The van der Waals surface area contributed by atoms with Gasteiger partial charge in [-0.1, -0.05) is 63.1 Å². The van der Waals surface area contributed by atoms with E-state index in [2.05, 4.69) is 30.5 Å². The molecular formula is C54H64N12O7S. The summed E-state index contributed by atoms with van der Waals surface area (Å²) in [6, 6.07) is 10.2. The third-order valence-electron chi connectivity index (χ3n) is 14.6. The number of carbonyl (C=O) groups excluding carboxylic acids is 5. The number of likely N-dealkylation sites (tertiary alicyclic amines) is 1. The second-order valence-corrected chi connectivity index (χ2v) is 21.9. The third-order valence-corrected chi connectivity index (χ3v) is 15.6. The van der Waals surface area contributed by atoms with Gasteiger partial charge in [0.25, 0.3) is 5.56 Å². The number of rotatable bonds is 16. The highest BCUT2D eigenvalue weighted by Crippen LogP contribution is 2.33. The first-order valence-corrected chi connectivity index (χ1v) is 26.4. The zero-order chi connectivity index (χ0) is 52.4. The molecule has 1 unspecified atom stereocenters. The summed E-state index contributed by atoms with van der Waals surface area (Å²) < 4.78 is 3.12. The van der Waals surface area contributed by atoms with E-state index in [0.717, 1.165) is 58.8 Å². The second kappa shape index (κ2) is 21.8. The number of aromatic nitrogens is 8. The summed E-state index contributed by atoms with van der Waals surface area (Å²) in [5.74, 6) is -0.914. The van der Waals surface area contributed by atoms with E-state index in [4.69, 9.17) is 9.97 Å². The Labute approximate surface area is 433 Å². The summed E-state index contributed by atoms with van der Waals surface area (Å²) in [6.45, 7) is 12.8. The number of β-amino-alcohol motifs (C(OH)–C–C–N with tert-alkyl or cyclic N) is 1. The van der Waals surface area contributed by atoms with Gasteiger partial charge in [0.15, 0.2) is 11.6 Å². The highest BCUT2D eigenvalue weighted by atomic mass is 32.1. The van der Waals surface area contributed by atoms with E-state index in [0.29, 0.717) is 67.1 Å². The first-order chi connectivity index (χ1) is 35.4. The lowest BCUT2D eigenvalue weighted by molar-refractivity contribution is -0.143. The van der Waals surface area contributed by atoms with Crippen LogP contribution in [0.4, 0.5) is 5.69 Å². The van der Waals surface area contributed by atoms with Crippen LogP contribution in [0.1, 0.15) is 117 Å². The second-order valence-electron chi connectivity index (χ2n) is 21.0. The molecule has 3 aliphatic rings. The standard InChI is InChI=1S/C54H64N12O7S/c1-32-42-27-56-45(58-51(42)66(39-9-7-8-10-39)52(72)48(32)34(3)67)23-37-16-17-40(26-55-37)62-19-21-63(22-20-62)47(71)30-64-28-38(60-61-64)24-46(70)59-50(54(4,5)6)53(73)65-29-41(68)25-43(65)44(69)18-13-35-11-14-36(15-12-35)49-33(2)57-31-74-49/h11-12,14-17,26-28,31,39,41,43,50,68H,7-10,13,18-25,29-30H2,1-6H3,(H,59,70)/t41-,43?,50-/m1/s1. The molecule has 1 saturated carbocycles. The lowest BCUT2D eigenvalue weighted by atomic mass is 9.85. The van der Waals surface area contributed by atoms with Gasteiger partial charge in [0.2, 0.25) is 17.7 Å². The third kappa shape index (κ3) is 11.4. The summed E-state index contributed by atoms with van der Waals surface area (Å²) in [7, 11) is 0. The lowest BCUT2D eigenvalue weighted by Gasteiger charge is -2.36.